The van der Waals surface area contributed by atoms with Crippen LogP contribution < -0.4 is 0 Å². The van der Waals surface area contributed by atoms with Gasteiger partial charge in [0, 0.05) is 19.3 Å². The maximum absolute atomic E-state index is 12.9. The van der Waals surface area contributed by atoms with Gasteiger partial charge in [-0.2, -0.15) is 0 Å². The van der Waals surface area contributed by atoms with Crippen LogP contribution in [0.15, 0.2) is 170 Å². The zero-order chi connectivity index (χ0) is 59.9. The molecule has 6 heteroatoms. The van der Waals surface area contributed by atoms with E-state index in [-0.39, 0.29) is 37.5 Å². The standard InChI is InChI=1S/C77H122O6/c1-4-7-10-13-16-19-22-25-28-31-34-35-36-37-38-39-40-41-44-46-49-52-55-58-61-64-67-70-76(79)82-73-74(83-77(80)71-68-65-62-59-56-53-50-47-43-33-30-27-24-21-18-15-12-9-6-3)72-81-75(78)69-66-63-60-57-54-51-48-45-42-32-29-26-23-20-17-14-11-8-5-2/h7-12,16-21,25-30,34-35,42-43,45,47,51,53-54,56,74H,4-6,13-15,22-24,31-33,36-41,44,46,48-50,52,55,57-73H2,1-3H3/b10-7-,11-8-,12-9-,19-16-,20-17-,21-18-,28-25-,29-26-,30-27-,35-34-,45-42-,47-43-,54-51-,56-53-. The Kier molecular flexibility index (Phi) is 64.9. The van der Waals surface area contributed by atoms with E-state index in [9.17, 15) is 14.4 Å². The van der Waals surface area contributed by atoms with Crippen molar-refractivity contribution < 1.29 is 28.6 Å². The fraction of sp³-hybridized carbons (Fsp3) is 0.597. The highest BCUT2D eigenvalue weighted by atomic mass is 16.6. The molecule has 1 atom stereocenters. The van der Waals surface area contributed by atoms with Crippen molar-refractivity contribution in [2.24, 2.45) is 0 Å². The maximum Gasteiger partial charge on any atom is 0.306 e. The molecule has 0 fully saturated rings. The molecule has 1 unspecified atom stereocenters. The van der Waals surface area contributed by atoms with Crippen molar-refractivity contribution in [1.29, 1.82) is 0 Å². The second kappa shape index (κ2) is 69.3. The predicted molar refractivity (Wildman–Crippen MR) is 361 cm³/mol. The Labute approximate surface area is 511 Å². The predicted octanol–water partition coefficient (Wildman–Crippen LogP) is 23.4. The molecule has 0 bridgehead atoms. The van der Waals surface area contributed by atoms with E-state index >= 15 is 0 Å². The molecule has 0 aromatic heterocycles. The van der Waals surface area contributed by atoms with Gasteiger partial charge in [-0.25, -0.2) is 0 Å². The van der Waals surface area contributed by atoms with Crippen LogP contribution in [0.3, 0.4) is 0 Å². The number of allylic oxidation sites excluding steroid dienone is 28. The van der Waals surface area contributed by atoms with Crippen LogP contribution in [0.5, 0.6) is 0 Å². The van der Waals surface area contributed by atoms with Crippen LogP contribution in [-0.2, 0) is 28.6 Å². The maximum atomic E-state index is 12.9. The minimum absolute atomic E-state index is 0.109. The van der Waals surface area contributed by atoms with Crippen molar-refractivity contribution in [3.05, 3.63) is 170 Å². The molecule has 0 N–H and O–H groups in total. The van der Waals surface area contributed by atoms with Gasteiger partial charge in [0.25, 0.3) is 0 Å². The third-order valence-corrected chi connectivity index (χ3v) is 13.7. The first-order valence-corrected chi connectivity index (χ1v) is 33.6. The lowest BCUT2D eigenvalue weighted by atomic mass is 10.0. The molecule has 0 saturated heterocycles. The molecule has 0 aliphatic rings. The lowest BCUT2D eigenvalue weighted by molar-refractivity contribution is -0.167. The molecule has 0 aliphatic heterocycles. The van der Waals surface area contributed by atoms with Gasteiger partial charge in [-0.1, -0.05) is 281 Å². The fourth-order valence-corrected chi connectivity index (χ4v) is 8.78. The zero-order valence-corrected chi connectivity index (χ0v) is 53.4. The molecule has 0 aromatic carbocycles. The summed E-state index contributed by atoms with van der Waals surface area (Å²) in [6, 6.07) is 0. The first kappa shape index (κ1) is 77.8. The van der Waals surface area contributed by atoms with E-state index in [0.717, 1.165) is 154 Å². The summed E-state index contributed by atoms with van der Waals surface area (Å²) in [6.45, 7) is 6.25. The summed E-state index contributed by atoms with van der Waals surface area (Å²) in [7, 11) is 0. The Bertz CT molecular complexity index is 1890. The highest BCUT2D eigenvalue weighted by Gasteiger charge is 2.19. The Hall–Kier alpha value is -5.23. The normalized spacial score (nSPS) is 13.2. The van der Waals surface area contributed by atoms with E-state index in [1.165, 1.54) is 77.0 Å². The molecule has 0 radical (unpaired) electrons. The number of carbonyl (C=O) groups is 3. The second-order valence-electron chi connectivity index (χ2n) is 21.6. The Morgan fingerprint density at radius 3 is 0.687 bits per heavy atom. The summed E-state index contributed by atoms with van der Waals surface area (Å²) in [5.74, 6) is -0.977. The Morgan fingerprint density at radius 1 is 0.241 bits per heavy atom. The third kappa shape index (κ3) is 67.4. The summed E-state index contributed by atoms with van der Waals surface area (Å²) >= 11 is 0. The average Bonchev–Trinajstić information content (AvgIpc) is 3.50. The number of hydrogen-bond acceptors (Lipinski definition) is 6. The molecule has 0 heterocycles. The van der Waals surface area contributed by atoms with Gasteiger partial charge < -0.3 is 14.2 Å². The van der Waals surface area contributed by atoms with Crippen LogP contribution in [0.2, 0.25) is 0 Å². The number of ether oxygens (including phenoxy) is 3. The van der Waals surface area contributed by atoms with Crippen LogP contribution in [0.4, 0.5) is 0 Å². The molecule has 83 heavy (non-hydrogen) atoms. The van der Waals surface area contributed by atoms with Gasteiger partial charge in [0.05, 0.1) is 0 Å². The minimum atomic E-state index is -0.820. The molecule has 0 amide bonds. The first-order chi connectivity index (χ1) is 41.0. The topological polar surface area (TPSA) is 78.9 Å². The van der Waals surface area contributed by atoms with Gasteiger partial charge in [0.15, 0.2) is 6.10 Å². The lowest BCUT2D eigenvalue weighted by Gasteiger charge is -2.18. The number of rotatable bonds is 59. The summed E-state index contributed by atoms with van der Waals surface area (Å²) in [6.07, 6.45) is 102. The fourth-order valence-electron chi connectivity index (χ4n) is 8.78. The van der Waals surface area contributed by atoms with Crippen molar-refractivity contribution in [2.75, 3.05) is 13.2 Å². The average molecular weight is 1140 g/mol. The van der Waals surface area contributed by atoms with Gasteiger partial charge in [0.2, 0.25) is 0 Å². The van der Waals surface area contributed by atoms with Crippen molar-refractivity contribution in [1.82, 2.24) is 0 Å². The zero-order valence-electron chi connectivity index (χ0n) is 53.4. The lowest BCUT2D eigenvalue weighted by Crippen LogP contribution is -2.30. The summed E-state index contributed by atoms with van der Waals surface area (Å²) in [5.41, 5.74) is 0. The van der Waals surface area contributed by atoms with Crippen LogP contribution in [0, 0.1) is 0 Å². The monoisotopic (exact) mass is 1140 g/mol. The number of unbranched alkanes of at least 4 members (excludes halogenated alkanes) is 20. The van der Waals surface area contributed by atoms with E-state index in [1.807, 2.05) is 0 Å². The van der Waals surface area contributed by atoms with Gasteiger partial charge >= 0.3 is 17.9 Å². The van der Waals surface area contributed by atoms with Crippen LogP contribution in [0.1, 0.15) is 278 Å². The molecular weight excluding hydrogens is 1020 g/mol. The van der Waals surface area contributed by atoms with Gasteiger partial charge in [-0.15, -0.1) is 0 Å². The van der Waals surface area contributed by atoms with E-state index in [4.69, 9.17) is 14.2 Å². The number of esters is 3. The molecule has 0 spiro atoms. The molecule has 466 valence electrons. The molecule has 6 nitrogen and oxygen atoms in total. The summed E-state index contributed by atoms with van der Waals surface area (Å²) in [4.78, 5) is 38.4. The Balaban J connectivity index is 4.46. The SMILES string of the molecule is CC/C=C\C/C=C\C/C=C\C/C=C\C/C=C\CCCCCC(=O)OCC(COC(=O)CCCCCCCCCCCCCCCC/C=C\C/C=C\C/C=C\C/C=C\CC)OC(=O)CCCCC/C=C\C/C=C\C/C=C\C/C=C\C/C=C\CC. The number of carbonyl (C=O) groups excluding carboxylic acids is 3. The molecular formula is C77H122O6. The largest absolute Gasteiger partial charge is 0.462 e. The summed E-state index contributed by atoms with van der Waals surface area (Å²) in [5, 5.41) is 0. The van der Waals surface area contributed by atoms with E-state index in [2.05, 4.69) is 191 Å². The van der Waals surface area contributed by atoms with Crippen molar-refractivity contribution in [2.45, 2.75) is 284 Å². The smallest absolute Gasteiger partial charge is 0.306 e. The van der Waals surface area contributed by atoms with Crippen molar-refractivity contribution in [3.63, 3.8) is 0 Å². The van der Waals surface area contributed by atoms with E-state index in [0.29, 0.717) is 19.3 Å². The van der Waals surface area contributed by atoms with Crippen LogP contribution >= 0.6 is 0 Å². The highest BCUT2D eigenvalue weighted by Crippen LogP contribution is 2.15. The first-order valence-electron chi connectivity index (χ1n) is 33.6. The van der Waals surface area contributed by atoms with Crippen LogP contribution in [0.25, 0.3) is 0 Å². The van der Waals surface area contributed by atoms with Crippen LogP contribution in [-0.4, -0.2) is 37.2 Å². The van der Waals surface area contributed by atoms with Gasteiger partial charge in [-0.3, -0.25) is 14.4 Å². The Morgan fingerprint density at radius 2 is 0.434 bits per heavy atom. The second-order valence-corrected chi connectivity index (χ2v) is 21.6. The molecule has 0 saturated carbocycles. The molecule has 0 rings (SSSR count). The molecule has 0 aromatic rings. The van der Waals surface area contributed by atoms with Gasteiger partial charge in [-0.05, 0) is 148 Å². The third-order valence-electron chi connectivity index (χ3n) is 13.7. The molecule has 0 aliphatic carbocycles. The quantitative estimate of drug-likeness (QED) is 0.0261. The van der Waals surface area contributed by atoms with Crippen molar-refractivity contribution in [3.8, 4) is 0 Å². The van der Waals surface area contributed by atoms with E-state index < -0.39 is 6.10 Å². The van der Waals surface area contributed by atoms with E-state index in [1.54, 1.807) is 0 Å². The van der Waals surface area contributed by atoms with Crippen molar-refractivity contribution >= 4 is 17.9 Å². The van der Waals surface area contributed by atoms with Gasteiger partial charge in [0.1, 0.15) is 13.2 Å². The summed E-state index contributed by atoms with van der Waals surface area (Å²) < 4.78 is 16.9. The highest BCUT2D eigenvalue weighted by molar-refractivity contribution is 5.71. The minimum Gasteiger partial charge on any atom is -0.462 e. The number of hydrogen-bond donors (Lipinski definition) is 0.